The maximum Gasteiger partial charge on any atom is 0.224 e. The second-order valence-electron chi connectivity index (χ2n) is 6.97. The highest BCUT2D eigenvalue weighted by Gasteiger charge is 2.20. The Morgan fingerprint density at radius 2 is 1.89 bits per heavy atom. The summed E-state index contributed by atoms with van der Waals surface area (Å²) in [5, 5.41) is 3.32. The predicted molar refractivity (Wildman–Crippen MR) is 108 cm³/mol. The third-order valence-corrected chi connectivity index (χ3v) is 4.75. The van der Waals surface area contributed by atoms with Crippen LogP contribution in [0.4, 0.5) is 11.8 Å². The van der Waals surface area contributed by atoms with Gasteiger partial charge in [0.2, 0.25) is 5.95 Å². The van der Waals surface area contributed by atoms with Crippen molar-refractivity contribution in [3.05, 3.63) is 35.5 Å². The van der Waals surface area contributed by atoms with Gasteiger partial charge >= 0.3 is 0 Å². The van der Waals surface area contributed by atoms with E-state index in [2.05, 4.69) is 46.3 Å². The average molecular weight is 371 g/mol. The monoisotopic (exact) mass is 371 g/mol. The third kappa shape index (κ3) is 4.80. The number of nitrogens with zero attached hydrogens (tertiary/aromatic N) is 4. The molecule has 1 N–H and O–H groups in total. The van der Waals surface area contributed by atoms with Crippen LogP contribution in [0.25, 0.3) is 0 Å². The topological polar surface area (TPSA) is 62.8 Å². The first-order valence-electron chi connectivity index (χ1n) is 9.31. The lowest BCUT2D eigenvalue weighted by Crippen LogP contribution is -2.31. The lowest BCUT2D eigenvalue weighted by molar-refractivity contribution is 0.353. The maximum absolute atomic E-state index is 5.45. The molecule has 2 heterocycles. The van der Waals surface area contributed by atoms with Crippen LogP contribution >= 0.6 is 0 Å². The fourth-order valence-corrected chi connectivity index (χ4v) is 3.28. The van der Waals surface area contributed by atoms with Crippen molar-refractivity contribution in [2.75, 3.05) is 58.2 Å². The van der Waals surface area contributed by atoms with Crippen LogP contribution in [0.3, 0.4) is 0 Å². The minimum atomic E-state index is 0.685. The van der Waals surface area contributed by atoms with Crippen molar-refractivity contribution in [1.82, 2.24) is 14.9 Å². The van der Waals surface area contributed by atoms with Crippen molar-refractivity contribution in [2.45, 2.75) is 19.4 Å². The summed E-state index contributed by atoms with van der Waals surface area (Å²) in [5.74, 6) is 3.19. The zero-order chi connectivity index (χ0) is 19.2. The van der Waals surface area contributed by atoms with Gasteiger partial charge in [-0.2, -0.15) is 4.98 Å². The van der Waals surface area contributed by atoms with E-state index < -0.39 is 0 Å². The Balaban J connectivity index is 1.69. The number of aromatic nitrogens is 2. The number of ether oxygens (including phenoxy) is 2. The molecule has 1 aromatic carbocycles. The van der Waals surface area contributed by atoms with Crippen LogP contribution < -0.4 is 19.7 Å². The van der Waals surface area contributed by atoms with Gasteiger partial charge in [-0.05, 0) is 62.8 Å². The summed E-state index contributed by atoms with van der Waals surface area (Å²) in [5.41, 5.74) is 2.55. The minimum Gasteiger partial charge on any atom is -0.493 e. The summed E-state index contributed by atoms with van der Waals surface area (Å²) in [6.45, 7) is 3.62. The number of hydrogen-bond donors (Lipinski definition) is 1. The Bertz CT molecular complexity index is 766. The van der Waals surface area contributed by atoms with Crippen molar-refractivity contribution < 1.29 is 9.47 Å². The number of methoxy groups -OCH3 is 2. The van der Waals surface area contributed by atoms with E-state index in [1.54, 1.807) is 14.2 Å². The van der Waals surface area contributed by atoms with E-state index in [0.717, 1.165) is 56.3 Å². The van der Waals surface area contributed by atoms with Gasteiger partial charge in [0.05, 0.1) is 14.2 Å². The van der Waals surface area contributed by atoms with Crippen molar-refractivity contribution in [2.24, 2.45) is 0 Å². The third-order valence-electron chi connectivity index (χ3n) is 4.75. The number of fused-ring (bicyclic) bond motifs is 1. The van der Waals surface area contributed by atoms with Crippen molar-refractivity contribution >= 4 is 11.8 Å². The molecule has 0 amide bonds. The molecule has 2 aromatic rings. The van der Waals surface area contributed by atoms with E-state index in [1.807, 2.05) is 12.3 Å². The Morgan fingerprint density at radius 1 is 1.15 bits per heavy atom. The summed E-state index contributed by atoms with van der Waals surface area (Å²) in [4.78, 5) is 13.5. The van der Waals surface area contributed by atoms with Crippen LogP contribution in [0, 0.1) is 0 Å². The molecule has 0 aliphatic carbocycles. The molecular formula is C20H29N5O2. The van der Waals surface area contributed by atoms with Gasteiger partial charge in [-0.15, -0.1) is 0 Å². The zero-order valence-electron chi connectivity index (χ0n) is 16.7. The average Bonchev–Trinajstić information content (AvgIpc) is 2.69. The van der Waals surface area contributed by atoms with Crippen LogP contribution in [0.2, 0.25) is 0 Å². The number of hydrogen-bond acceptors (Lipinski definition) is 7. The summed E-state index contributed by atoms with van der Waals surface area (Å²) < 4.78 is 10.9. The molecule has 0 fully saturated rings. The number of anilines is 2. The summed E-state index contributed by atoms with van der Waals surface area (Å²) in [7, 11) is 7.50. The van der Waals surface area contributed by atoms with E-state index in [-0.39, 0.29) is 0 Å². The van der Waals surface area contributed by atoms with Crippen LogP contribution in [-0.4, -0.2) is 62.8 Å². The van der Waals surface area contributed by atoms with Crippen LogP contribution in [0.1, 0.15) is 17.5 Å². The summed E-state index contributed by atoms with van der Waals surface area (Å²) in [6, 6.07) is 6.13. The summed E-state index contributed by atoms with van der Waals surface area (Å²) in [6.07, 6.45) is 3.82. The molecule has 27 heavy (non-hydrogen) atoms. The Morgan fingerprint density at radius 3 is 2.59 bits per heavy atom. The van der Waals surface area contributed by atoms with Gasteiger partial charge in [0, 0.05) is 25.8 Å². The number of nitrogens with one attached hydrogen (secondary N) is 1. The Kier molecular flexibility index (Phi) is 6.34. The van der Waals surface area contributed by atoms with E-state index in [4.69, 9.17) is 14.5 Å². The Labute approximate surface area is 161 Å². The molecule has 3 rings (SSSR count). The highest BCUT2D eigenvalue weighted by Crippen LogP contribution is 2.34. The Hall–Kier alpha value is -2.54. The highest BCUT2D eigenvalue weighted by atomic mass is 16.5. The molecule has 1 aliphatic heterocycles. The van der Waals surface area contributed by atoms with Crippen molar-refractivity contribution in [3.63, 3.8) is 0 Å². The normalized spacial score (nSPS) is 13.4. The second kappa shape index (κ2) is 8.90. The van der Waals surface area contributed by atoms with Crippen LogP contribution in [0.5, 0.6) is 11.5 Å². The maximum atomic E-state index is 5.45. The van der Waals surface area contributed by atoms with Crippen LogP contribution in [0.15, 0.2) is 24.4 Å². The van der Waals surface area contributed by atoms with E-state index >= 15 is 0 Å². The fraction of sp³-hybridized carbons (Fsp3) is 0.500. The highest BCUT2D eigenvalue weighted by molar-refractivity contribution is 5.52. The fourth-order valence-electron chi connectivity index (χ4n) is 3.28. The first-order valence-corrected chi connectivity index (χ1v) is 9.31. The van der Waals surface area contributed by atoms with E-state index in [1.165, 1.54) is 11.1 Å². The molecule has 0 bridgehead atoms. The summed E-state index contributed by atoms with van der Waals surface area (Å²) >= 11 is 0. The minimum absolute atomic E-state index is 0.685. The first kappa shape index (κ1) is 19.2. The quantitative estimate of drug-likeness (QED) is 0.715. The zero-order valence-corrected chi connectivity index (χ0v) is 16.7. The molecule has 1 aromatic heterocycles. The molecule has 0 saturated carbocycles. The molecule has 146 valence electrons. The van der Waals surface area contributed by atoms with Gasteiger partial charge < -0.3 is 24.6 Å². The predicted octanol–water partition coefficient (Wildman–Crippen LogP) is 2.42. The molecule has 7 heteroatoms. The smallest absolute Gasteiger partial charge is 0.224 e. The van der Waals surface area contributed by atoms with Gasteiger partial charge in [-0.25, -0.2) is 4.98 Å². The van der Waals surface area contributed by atoms with Gasteiger partial charge in [-0.1, -0.05) is 0 Å². The number of benzene rings is 1. The van der Waals surface area contributed by atoms with E-state index in [9.17, 15) is 0 Å². The van der Waals surface area contributed by atoms with Gasteiger partial charge in [0.25, 0.3) is 0 Å². The largest absolute Gasteiger partial charge is 0.493 e. The molecule has 0 spiro atoms. The molecule has 0 atom stereocenters. The molecule has 0 radical (unpaired) electrons. The van der Waals surface area contributed by atoms with Gasteiger partial charge in [0.15, 0.2) is 11.5 Å². The lowest BCUT2D eigenvalue weighted by atomic mass is 9.99. The van der Waals surface area contributed by atoms with Gasteiger partial charge in [0.1, 0.15) is 5.82 Å². The lowest BCUT2D eigenvalue weighted by Gasteiger charge is -2.30. The molecule has 0 saturated heterocycles. The van der Waals surface area contributed by atoms with Crippen LogP contribution in [-0.2, 0) is 13.0 Å². The van der Waals surface area contributed by atoms with Gasteiger partial charge in [-0.3, -0.25) is 0 Å². The molecular weight excluding hydrogens is 342 g/mol. The SMILES string of the molecule is COc1cc2c(cc1OC)CN(c1ccnc(NCCCN(C)C)n1)CC2. The first-order chi connectivity index (χ1) is 13.1. The number of rotatable bonds is 8. The standard InChI is InChI=1S/C20H29N5O2/c1-24(2)10-5-8-21-20-22-9-6-19(23-20)25-11-7-15-12-17(26-3)18(27-4)13-16(15)14-25/h6,9,12-13H,5,7-8,10-11,14H2,1-4H3,(H,21,22,23). The van der Waals surface area contributed by atoms with Crippen molar-refractivity contribution in [1.29, 1.82) is 0 Å². The van der Waals surface area contributed by atoms with E-state index in [0.29, 0.717) is 5.95 Å². The second-order valence-corrected chi connectivity index (χ2v) is 6.97. The molecule has 7 nitrogen and oxygen atoms in total. The molecule has 0 unspecified atom stereocenters. The molecule has 1 aliphatic rings. The van der Waals surface area contributed by atoms with Crippen molar-refractivity contribution in [3.8, 4) is 11.5 Å².